The number of methoxy groups -OCH3 is 2. The van der Waals surface area contributed by atoms with Crippen LogP contribution in [-0.2, 0) is 0 Å². The molecule has 2 aromatic carbocycles. The number of nitriles is 1. The third-order valence-corrected chi connectivity index (χ3v) is 4.96. The second kappa shape index (κ2) is 8.19. The predicted molar refractivity (Wildman–Crippen MR) is 103 cm³/mol. The highest BCUT2D eigenvalue weighted by molar-refractivity contribution is 6.32. The van der Waals surface area contributed by atoms with E-state index in [1.54, 1.807) is 37.3 Å². The average molecular weight is 386 g/mol. The molecule has 27 heavy (non-hydrogen) atoms. The summed E-state index contributed by atoms with van der Waals surface area (Å²) in [5, 5.41) is 12.1. The van der Waals surface area contributed by atoms with E-state index in [9.17, 15) is 4.79 Å². The van der Waals surface area contributed by atoms with Crippen molar-refractivity contribution in [1.29, 1.82) is 5.26 Å². The van der Waals surface area contributed by atoms with Crippen molar-refractivity contribution in [2.45, 2.75) is 18.9 Å². The van der Waals surface area contributed by atoms with Crippen LogP contribution in [0.3, 0.4) is 0 Å². The van der Waals surface area contributed by atoms with Crippen molar-refractivity contribution in [2.24, 2.45) is 0 Å². The normalized spacial score (nSPS) is 15.9. The molecule has 1 saturated heterocycles. The zero-order chi connectivity index (χ0) is 19.4. The van der Waals surface area contributed by atoms with Gasteiger partial charge in [0.2, 0.25) is 0 Å². The maximum atomic E-state index is 12.9. The summed E-state index contributed by atoms with van der Waals surface area (Å²) in [4.78, 5) is 14.6. The van der Waals surface area contributed by atoms with Crippen LogP contribution < -0.4 is 14.8 Å². The van der Waals surface area contributed by atoms with Crippen LogP contribution in [0.2, 0.25) is 5.02 Å². The van der Waals surface area contributed by atoms with E-state index in [0.29, 0.717) is 22.8 Å². The third-order valence-electron chi connectivity index (χ3n) is 4.65. The Kier molecular flexibility index (Phi) is 5.72. The van der Waals surface area contributed by atoms with E-state index in [1.165, 1.54) is 0 Å². The van der Waals surface area contributed by atoms with Crippen LogP contribution in [-0.4, -0.2) is 31.7 Å². The summed E-state index contributed by atoms with van der Waals surface area (Å²) in [6.07, 6.45) is 1.73. The molecule has 0 aliphatic carbocycles. The van der Waals surface area contributed by atoms with Crippen LogP contribution in [0.25, 0.3) is 0 Å². The van der Waals surface area contributed by atoms with Gasteiger partial charge in [0.25, 0.3) is 0 Å². The van der Waals surface area contributed by atoms with Gasteiger partial charge in [0.1, 0.15) is 17.6 Å². The Morgan fingerprint density at radius 3 is 2.74 bits per heavy atom. The number of ether oxygens (including phenoxy) is 2. The molecule has 1 aliphatic rings. The number of nitrogens with one attached hydrogen (secondary N) is 1. The number of halogens is 1. The lowest BCUT2D eigenvalue weighted by molar-refractivity contribution is 0.206. The van der Waals surface area contributed by atoms with E-state index in [4.69, 9.17) is 26.3 Å². The summed E-state index contributed by atoms with van der Waals surface area (Å²) in [6.45, 7) is 0.640. The quantitative estimate of drug-likeness (QED) is 0.834. The number of benzene rings is 2. The standard InChI is InChI=1S/C20H20ClN3O3/c1-26-15-7-8-19(27-2)16(11-15)18-4-3-9-24(18)20(25)23-14-6-5-13(12-22)17(21)10-14/h5-8,10-11,18H,3-4,9H2,1-2H3,(H,23,25). The number of hydrogen-bond donors (Lipinski definition) is 1. The highest BCUT2D eigenvalue weighted by Gasteiger charge is 2.32. The molecule has 2 aromatic rings. The van der Waals surface area contributed by atoms with Crippen LogP contribution in [0.5, 0.6) is 11.5 Å². The number of nitrogens with zero attached hydrogens (tertiary/aromatic N) is 2. The van der Waals surface area contributed by atoms with Crippen molar-refractivity contribution < 1.29 is 14.3 Å². The van der Waals surface area contributed by atoms with Gasteiger partial charge in [0.05, 0.1) is 30.8 Å². The molecule has 1 unspecified atom stereocenters. The lowest BCUT2D eigenvalue weighted by atomic mass is 10.0. The molecule has 1 heterocycles. The summed E-state index contributed by atoms with van der Waals surface area (Å²) in [5.74, 6) is 1.44. The third kappa shape index (κ3) is 3.93. The van der Waals surface area contributed by atoms with E-state index < -0.39 is 0 Å². The molecule has 1 fully saturated rings. The lowest BCUT2D eigenvalue weighted by Gasteiger charge is -2.27. The van der Waals surface area contributed by atoms with Crippen LogP contribution in [0.4, 0.5) is 10.5 Å². The first kappa shape index (κ1) is 18.9. The summed E-state index contributed by atoms with van der Waals surface area (Å²) in [5.41, 5.74) is 1.84. The van der Waals surface area contributed by atoms with Gasteiger partial charge in [0, 0.05) is 17.8 Å². The number of likely N-dealkylation sites (tertiary alicyclic amines) is 1. The molecule has 0 spiro atoms. The maximum absolute atomic E-state index is 12.9. The average Bonchev–Trinajstić information content (AvgIpc) is 3.17. The van der Waals surface area contributed by atoms with E-state index in [1.807, 2.05) is 24.3 Å². The fourth-order valence-corrected chi connectivity index (χ4v) is 3.53. The minimum Gasteiger partial charge on any atom is -0.497 e. The van der Waals surface area contributed by atoms with Gasteiger partial charge in [-0.15, -0.1) is 0 Å². The number of urea groups is 1. The minimum absolute atomic E-state index is 0.107. The summed E-state index contributed by atoms with van der Waals surface area (Å²) < 4.78 is 10.8. The van der Waals surface area contributed by atoms with Crippen LogP contribution in [0.1, 0.15) is 30.0 Å². The highest BCUT2D eigenvalue weighted by Crippen LogP contribution is 2.39. The van der Waals surface area contributed by atoms with Gasteiger partial charge in [-0.1, -0.05) is 11.6 Å². The molecular weight excluding hydrogens is 366 g/mol. The molecule has 2 amide bonds. The first-order valence-corrected chi connectivity index (χ1v) is 8.94. The molecule has 1 atom stereocenters. The first-order chi connectivity index (χ1) is 13.1. The fourth-order valence-electron chi connectivity index (χ4n) is 3.31. The SMILES string of the molecule is COc1ccc(OC)c(C2CCCN2C(=O)Nc2ccc(C#N)c(Cl)c2)c1. The van der Waals surface area contributed by atoms with Crippen LogP contribution >= 0.6 is 11.6 Å². The zero-order valence-corrected chi connectivity index (χ0v) is 15.9. The van der Waals surface area contributed by atoms with Crippen LogP contribution in [0.15, 0.2) is 36.4 Å². The summed E-state index contributed by atoms with van der Waals surface area (Å²) >= 11 is 6.05. The Balaban J connectivity index is 1.83. The maximum Gasteiger partial charge on any atom is 0.322 e. The van der Waals surface area contributed by atoms with Gasteiger partial charge in [0.15, 0.2) is 0 Å². The second-order valence-electron chi connectivity index (χ2n) is 6.20. The Bertz CT molecular complexity index is 895. The molecule has 0 aromatic heterocycles. The van der Waals surface area contributed by atoms with Gasteiger partial charge in [-0.05, 0) is 49.2 Å². The molecule has 0 radical (unpaired) electrons. The Morgan fingerprint density at radius 1 is 1.26 bits per heavy atom. The van der Waals surface area contributed by atoms with Gasteiger partial charge < -0.3 is 19.7 Å². The van der Waals surface area contributed by atoms with Gasteiger partial charge >= 0.3 is 6.03 Å². The molecule has 1 aliphatic heterocycles. The van der Waals surface area contributed by atoms with Gasteiger partial charge in [-0.3, -0.25) is 0 Å². The number of carbonyl (C=O) groups excluding carboxylic acids is 1. The van der Waals surface area contributed by atoms with Crippen molar-refractivity contribution in [3.05, 3.63) is 52.5 Å². The number of anilines is 1. The van der Waals surface area contributed by atoms with Crippen molar-refractivity contribution in [1.82, 2.24) is 4.90 Å². The zero-order valence-electron chi connectivity index (χ0n) is 15.2. The van der Waals surface area contributed by atoms with Gasteiger partial charge in [-0.25, -0.2) is 4.79 Å². The molecule has 3 rings (SSSR count). The van der Waals surface area contributed by atoms with Gasteiger partial charge in [-0.2, -0.15) is 5.26 Å². The van der Waals surface area contributed by atoms with Crippen molar-refractivity contribution in [3.63, 3.8) is 0 Å². The molecule has 0 bridgehead atoms. The van der Waals surface area contributed by atoms with E-state index in [2.05, 4.69) is 5.32 Å². The Labute approximate surface area is 163 Å². The van der Waals surface area contributed by atoms with E-state index in [-0.39, 0.29) is 12.1 Å². The number of carbonyl (C=O) groups is 1. The van der Waals surface area contributed by atoms with Crippen LogP contribution in [0, 0.1) is 11.3 Å². The largest absolute Gasteiger partial charge is 0.497 e. The second-order valence-corrected chi connectivity index (χ2v) is 6.60. The Hall–Kier alpha value is -2.91. The topological polar surface area (TPSA) is 74.6 Å². The van der Waals surface area contributed by atoms with E-state index >= 15 is 0 Å². The Morgan fingerprint density at radius 2 is 2.07 bits per heavy atom. The molecule has 7 heteroatoms. The number of rotatable bonds is 4. The molecule has 6 nitrogen and oxygen atoms in total. The molecular formula is C20H20ClN3O3. The highest BCUT2D eigenvalue weighted by atomic mass is 35.5. The predicted octanol–water partition coefficient (Wildman–Crippen LogP) is 4.60. The summed E-state index contributed by atoms with van der Waals surface area (Å²) in [7, 11) is 3.22. The minimum atomic E-state index is -0.219. The van der Waals surface area contributed by atoms with Crippen molar-refractivity contribution in [2.75, 3.05) is 26.1 Å². The molecule has 0 saturated carbocycles. The van der Waals surface area contributed by atoms with E-state index in [0.717, 1.165) is 29.9 Å². The first-order valence-electron chi connectivity index (χ1n) is 8.56. The number of hydrogen-bond acceptors (Lipinski definition) is 4. The fraction of sp³-hybridized carbons (Fsp3) is 0.300. The van der Waals surface area contributed by atoms with Crippen molar-refractivity contribution >= 4 is 23.3 Å². The molecule has 140 valence electrons. The number of amides is 2. The monoisotopic (exact) mass is 385 g/mol. The smallest absolute Gasteiger partial charge is 0.322 e. The van der Waals surface area contributed by atoms with Crippen molar-refractivity contribution in [3.8, 4) is 17.6 Å². The summed E-state index contributed by atoms with van der Waals surface area (Å²) in [6, 6.07) is 12.1. The molecule has 1 N–H and O–H groups in total. The lowest BCUT2D eigenvalue weighted by Crippen LogP contribution is -2.34.